The molecular weight excluding hydrogens is 184 g/mol. The van der Waals surface area contributed by atoms with Crippen LogP contribution in [0.1, 0.15) is 11.5 Å². The number of rotatable bonds is 3. The van der Waals surface area contributed by atoms with E-state index in [1.165, 1.54) is 12.1 Å². The Morgan fingerprint density at radius 2 is 1.93 bits per heavy atom. The van der Waals surface area contributed by atoms with Gasteiger partial charge >= 0.3 is 0 Å². The first-order valence-corrected chi connectivity index (χ1v) is 5.68. The minimum absolute atomic E-state index is 0.689. The lowest BCUT2D eigenvalue weighted by atomic mass is 9.89. The van der Waals surface area contributed by atoms with Crippen LogP contribution in [0.4, 0.5) is 0 Å². The SMILES string of the molecule is CN(C)C[C@H]1CNC[C@@H]1c1ccccc1. The van der Waals surface area contributed by atoms with Crippen LogP contribution in [0.3, 0.4) is 0 Å². The van der Waals surface area contributed by atoms with E-state index < -0.39 is 0 Å². The van der Waals surface area contributed by atoms with Crippen molar-refractivity contribution < 1.29 is 0 Å². The first kappa shape index (κ1) is 10.7. The second-order valence-corrected chi connectivity index (χ2v) is 4.70. The molecule has 1 saturated heterocycles. The number of hydrogen-bond acceptors (Lipinski definition) is 2. The zero-order valence-corrected chi connectivity index (χ0v) is 9.61. The van der Waals surface area contributed by atoms with Crippen molar-refractivity contribution in [3.05, 3.63) is 35.9 Å². The van der Waals surface area contributed by atoms with Crippen molar-refractivity contribution in [3.63, 3.8) is 0 Å². The predicted octanol–water partition coefficient (Wildman–Crippen LogP) is 1.55. The summed E-state index contributed by atoms with van der Waals surface area (Å²) in [5.74, 6) is 1.44. The monoisotopic (exact) mass is 204 g/mol. The van der Waals surface area contributed by atoms with Crippen LogP contribution in [0.15, 0.2) is 30.3 Å². The van der Waals surface area contributed by atoms with Gasteiger partial charge in [-0.25, -0.2) is 0 Å². The van der Waals surface area contributed by atoms with Crippen LogP contribution in [-0.4, -0.2) is 38.6 Å². The first-order chi connectivity index (χ1) is 7.27. The smallest absolute Gasteiger partial charge is 0.00239 e. The van der Waals surface area contributed by atoms with Crippen molar-refractivity contribution >= 4 is 0 Å². The number of benzene rings is 1. The average Bonchev–Trinajstić information content (AvgIpc) is 2.66. The van der Waals surface area contributed by atoms with Gasteiger partial charge in [-0.05, 0) is 32.1 Å². The number of hydrogen-bond donors (Lipinski definition) is 1. The summed E-state index contributed by atoms with van der Waals surface area (Å²) in [4.78, 5) is 2.29. The topological polar surface area (TPSA) is 15.3 Å². The molecule has 2 heteroatoms. The molecule has 1 N–H and O–H groups in total. The molecule has 1 aliphatic rings. The van der Waals surface area contributed by atoms with E-state index in [1.807, 2.05) is 0 Å². The second-order valence-electron chi connectivity index (χ2n) is 4.70. The summed E-state index contributed by atoms with van der Waals surface area (Å²) in [6.45, 7) is 3.45. The van der Waals surface area contributed by atoms with E-state index in [0.29, 0.717) is 5.92 Å². The summed E-state index contributed by atoms with van der Waals surface area (Å²) >= 11 is 0. The Kier molecular flexibility index (Phi) is 3.39. The van der Waals surface area contributed by atoms with Gasteiger partial charge in [0.1, 0.15) is 0 Å². The van der Waals surface area contributed by atoms with Crippen LogP contribution in [0, 0.1) is 5.92 Å². The van der Waals surface area contributed by atoms with Crippen LogP contribution in [-0.2, 0) is 0 Å². The van der Waals surface area contributed by atoms with Crippen LogP contribution < -0.4 is 5.32 Å². The van der Waals surface area contributed by atoms with E-state index in [9.17, 15) is 0 Å². The number of nitrogens with zero attached hydrogens (tertiary/aromatic N) is 1. The summed E-state index contributed by atoms with van der Waals surface area (Å²) in [6, 6.07) is 10.9. The van der Waals surface area contributed by atoms with E-state index in [1.54, 1.807) is 0 Å². The molecule has 0 unspecified atom stereocenters. The highest BCUT2D eigenvalue weighted by molar-refractivity contribution is 5.22. The zero-order chi connectivity index (χ0) is 10.7. The van der Waals surface area contributed by atoms with Crippen molar-refractivity contribution in [2.75, 3.05) is 33.7 Å². The molecule has 0 aromatic heterocycles. The van der Waals surface area contributed by atoms with Gasteiger partial charge in [0.25, 0.3) is 0 Å². The highest BCUT2D eigenvalue weighted by Gasteiger charge is 2.28. The van der Waals surface area contributed by atoms with E-state index in [-0.39, 0.29) is 0 Å². The Balaban J connectivity index is 2.08. The Bertz CT molecular complexity index is 295. The molecule has 1 aromatic rings. The molecule has 15 heavy (non-hydrogen) atoms. The third kappa shape index (κ3) is 2.58. The van der Waals surface area contributed by atoms with Crippen molar-refractivity contribution in [1.82, 2.24) is 10.2 Å². The summed E-state index contributed by atoms with van der Waals surface area (Å²) in [5.41, 5.74) is 1.48. The number of nitrogens with one attached hydrogen (secondary N) is 1. The van der Waals surface area contributed by atoms with Gasteiger partial charge in [0, 0.05) is 19.0 Å². The van der Waals surface area contributed by atoms with E-state index in [4.69, 9.17) is 0 Å². The molecule has 0 aliphatic carbocycles. The van der Waals surface area contributed by atoms with Crippen LogP contribution >= 0.6 is 0 Å². The van der Waals surface area contributed by atoms with Crippen LogP contribution in [0.25, 0.3) is 0 Å². The molecule has 0 amide bonds. The first-order valence-electron chi connectivity index (χ1n) is 5.68. The van der Waals surface area contributed by atoms with Gasteiger partial charge in [-0.1, -0.05) is 30.3 Å². The Hall–Kier alpha value is -0.860. The molecule has 0 radical (unpaired) electrons. The lowest BCUT2D eigenvalue weighted by Crippen LogP contribution is -2.26. The molecule has 2 nitrogen and oxygen atoms in total. The summed E-state index contributed by atoms with van der Waals surface area (Å²) < 4.78 is 0. The molecule has 1 fully saturated rings. The minimum Gasteiger partial charge on any atom is -0.316 e. The molecule has 1 aromatic carbocycles. The van der Waals surface area contributed by atoms with Crippen molar-refractivity contribution in [2.24, 2.45) is 5.92 Å². The largest absolute Gasteiger partial charge is 0.316 e. The Labute approximate surface area is 92.3 Å². The normalized spacial score (nSPS) is 26.1. The zero-order valence-electron chi connectivity index (χ0n) is 9.61. The van der Waals surface area contributed by atoms with E-state index in [2.05, 4.69) is 54.6 Å². The van der Waals surface area contributed by atoms with Gasteiger partial charge < -0.3 is 10.2 Å². The second kappa shape index (κ2) is 4.77. The molecule has 2 rings (SSSR count). The molecule has 1 heterocycles. The third-order valence-electron chi connectivity index (χ3n) is 3.17. The molecule has 0 bridgehead atoms. The van der Waals surface area contributed by atoms with Gasteiger partial charge in [0.05, 0.1) is 0 Å². The molecule has 1 aliphatic heterocycles. The lowest BCUT2D eigenvalue weighted by molar-refractivity contribution is 0.322. The Morgan fingerprint density at radius 1 is 1.20 bits per heavy atom. The fourth-order valence-corrected chi connectivity index (χ4v) is 2.48. The van der Waals surface area contributed by atoms with Crippen molar-refractivity contribution in [1.29, 1.82) is 0 Å². The average molecular weight is 204 g/mol. The van der Waals surface area contributed by atoms with Crippen LogP contribution in [0.2, 0.25) is 0 Å². The maximum Gasteiger partial charge on any atom is 0.00239 e. The van der Waals surface area contributed by atoms with Gasteiger partial charge in [-0.2, -0.15) is 0 Å². The van der Waals surface area contributed by atoms with Gasteiger partial charge in [-0.3, -0.25) is 0 Å². The quantitative estimate of drug-likeness (QED) is 0.803. The molecular formula is C13H20N2. The summed E-state index contributed by atoms with van der Waals surface area (Å²) in [5, 5.41) is 3.50. The molecule has 82 valence electrons. The van der Waals surface area contributed by atoms with E-state index in [0.717, 1.165) is 19.0 Å². The summed E-state index contributed by atoms with van der Waals surface area (Å²) in [7, 11) is 4.31. The molecule has 2 atom stereocenters. The standard InChI is InChI=1S/C13H20N2/c1-15(2)10-12-8-14-9-13(12)11-6-4-3-5-7-11/h3-7,12-14H,8-10H2,1-2H3/t12-,13-/m1/s1. The molecule has 0 saturated carbocycles. The lowest BCUT2D eigenvalue weighted by Gasteiger charge is -2.22. The molecule has 0 spiro atoms. The predicted molar refractivity (Wildman–Crippen MR) is 64.1 cm³/mol. The van der Waals surface area contributed by atoms with Crippen molar-refractivity contribution in [3.8, 4) is 0 Å². The highest BCUT2D eigenvalue weighted by atomic mass is 15.1. The minimum atomic E-state index is 0.689. The highest BCUT2D eigenvalue weighted by Crippen LogP contribution is 2.28. The van der Waals surface area contributed by atoms with E-state index >= 15 is 0 Å². The van der Waals surface area contributed by atoms with Gasteiger partial charge in [-0.15, -0.1) is 0 Å². The van der Waals surface area contributed by atoms with Crippen molar-refractivity contribution in [2.45, 2.75) is 5.92 Å². The van der Waals surface area contributed by atoms with Gasteiger partial charge in [0.15, 0.2) is 0 Å². The van der Waals surface area contributed by atoms with Gasteiger partial charge in [0.2, 0.25) is 0 Å². The fraction of sp³-hybridized carbons (Fsp3) is 0.538. The maximum absolute atomic E-state index is 3.50. The third-order valence-corrected chi connectivity index (χ3v) is 3.17. The Morgan fingerprint density at radius 3 is 2.60 bits per heavy atom. The fourth-order valence-electron chi connectivity index (χ4n) is 2.48. The summed E-state index contributed by atoms with van der Waals surface area (Å²) in [6.07, 6.45) is 0. The van der Waals surface area contributed by atoms with Crippen LogP contribution in [0.5, 0.6) is 0 Å². The maximum atomic E-state index is 3.50.